The molecule has 2 aromatic heterocycles. The van der Waals surface area contributed by atoms with E-state index >= 15 is 0 Å². The number of nitrogens with zero attached hydrogens (tertiary/aromatic N) is 3. The maximum atomic E-state index is 12.1. The van der Waals surface area contributed by atoms with Gasteiger partial charge in [0, 0.05) is 12.3 Å². The number of amides is 1. The molecule has 1 N–H and O–H groups in total. The number of rotatable bonds is 5. The molecular formula is C19H18N4O4. The summed E-state index contributed by atoms with van der Waals surface area (Å²) in [7, 11) is 1.57. The first-order valence-electron chi connectivity index (χ1n) is 8.47. The lowest BCUT2D eigenvalue weighted by Crippen LogP contribution is -2.21. The fourth-order valence-electron chi connectivity index (χ4n) is 2.80. The first-order chi connectivity index (χ1) is 13.2. The Balaban J connectivity index is 1.44. The van der Waals surface area contributed by atoms with Crippen molar-refractivity contribution in [3.8, 4) is 17.2 Å². The molecule has 1 aliphatic heterocycles. The summed E-state index contributed by atoms with van der Waals surface area (Å²) in [5.41, 5.74) is 1.51. The van der Waals surface area contributed by atoms with Crippen LogP contribution in [0, 0.1) is 0 Å². The third kappa shape index (κ3) is 3.55. The van der Waals surface area contributed by atoms with Gasteiger partial charge in [-0.1, -0.05) is 6.07 Å². The molecule has 0 saturated heterocycles. The highest BCUT2D eigenvalue weighted by Gasteiger charge is 2.17. The molecule has 8 heteroatoms. The number of fused-ring (bicyclic) bond motifs is 2. The molecule has 1 aliphatic rings. The standard InChI is InChI=1S/C19H18N4O4/c1-25-14-10-13(11-15-19(14)27-9-8-26-15)5-6-18(24)20-12-17-22-21-16-4-2-3-7-23(16)17/h2-7,10-11H,8-9,12H2,1H3,(H,20,24)/b6-5+. The number of pyridine rings is 1. The first-order valence-corrected chi connectivity index (χ1v) is 8.47. The molecule has 4 rings (SSSR count). The molecule has 1 aromatic carbocycles. The van der Waals surface area contributed by atoms with E-state index < -0.39 is 0 Å². The fourth-order valence-corrected chi connectivity index (χ4v) is 2.80. The van der Waals surface area contributed by atoms with Crippen LogP contribution in [-0.2, 0) is 11.3 Å². The molecule has 0 bridgehead atoms. The Hall–Kier alpha value is -3.55. The van der Waals surface area contributed by atoms with Crippen LogP contribution in [0.2, 0.25) is 0 Å². The Morgan fingerprint density at radius 3 is 3.07 bits per heavy atom. The number of carbonyl (C=O) groups is 1. The van der Waals surface area contributed by atoms with Crippen molar-refractivity contribution in [2.75, 3.05) is 20.3 Å². The first kappa shape index (κ1) is 16.9. The Morgan fingerprint density at radius 2 is 2.19 bits per heavy atom. The molecule has 0 aliphatic carbocycles. The van der Waals surface area contributed by atoms with Crippen LogP contribution in [0.1, 0.15) is 11.4 Å². The topological polar surface area (TPSA) is 87.0 Å². The quantitative estimate of drug-likeness (QED) is 0.694. The van der Waals surface area contributed by atoms with Crippen LogP contribution in [-0.4, -0.2) is 40.8 Å². The van der Waals surface area contributed by atoms with E-state index in [1.165, 1.54) is 6.08 Å². The Morgan fingerprint density at radius 1 is 1.30 bits per heavy atom. The van der Waals surface area contributed by atoms with Crippen molar-refractivity contribution in [1.82, 2.24) is 19.9 Å². The lowest BCUT2D eigenvalue weighted by atomic mass is 10.1. The maximum absolute atomic E-state index is 12.1. The monoisotopic (exact) mass is 366 g/mol. The van der Waals surface area contributed by atoms with Crippen LogP contribution in [0.3, 0.4) is 0 Å². The number of hydrogen-bond donors (Lipinski definition) is 1. The maximum Gasteiger partial charge on any atom is 0.244 e. The van der Waals surface area contributed by atoms with Crippen LogP contribution in [0.4, 0.5) is 0 Å². The normalized spacial score (nSPS) is 13.1. The minimum Gasteiger partial charge on any atom is -0.493 e. The van der Waals surface area contributed by atoms with Gasteiger partial charge in [0.15, 0.2) is 23.0 Å². The molecule has 0 spiro atoms. The van der Waals surface area contributed by atoms with Crippen molar-refractivity contribution in [1.29, 1.82) is 0 Å². The molecular weight excluding hydrogens is 348 g/mol. The highest BCUT2D eigenvalue weighted by molar-refractivity contribution is 5.91. The lowest BCUT2D eigenvalue weighted by molar-refractivity contribution is -0.116. The van der Waals surface area contributed by atoms with E-state index in [1.54, 1.807) is 19.3 Å². The smallest absolute Gasteiger partial charge is 0.244 e. The van der Waals surface area contributed by atoms with Gasteiger partial charge >= 0.3 is 0 Å². The highest BCUT2D eigenvalue weighted by Crippen LogP contribution is 2.40. The molecule has 27 heavy (non-hydrogen) atoms. The minimum atomic E-state index is -0.239. The molecule has 0 saturated carbocycles. The van der Waals surface area contributed by atoms with E-state index in [0.717, 1.165) is 11.2 Å². The third-order valence-electron chi connectivity index (χ3n) is 4.08. The van der Waals surface area contributed by atoms with Gasteiger partial charge in [-0.2, -0.15) is 0 Å². The zero-order valence-corrected chi connectivity index (χ0v) is 14.7. The molecule has 3 heterocycles. The number of ether oxygens (including phenoxy) is 3. The number of nitrogens with one attached hydrogen (secondary N) is 1. The molecule has 0 atom stereocenters. The molecule has 0 radical (unpaired) electrons. The summed E-state index contributed by atoms with van der Waals surface area (Å²) < 4.78 is 18.3. The van der Waals surface area contributed by atoms with Crippen molar-refractivity contribution in [3.63, 3.8) is 0 Å². The van der Waals surface area contributed by atoms with Gasteiger partial charge in [-0.05, 0) is 35.9 Å². The summed E-state index contributed by atoms with van der Waals surface area (Å²) >= 11 is 0. The van der Waals surface area contributed by atoms with E-state index in [9.17, 15) is 4.79 Å². The van der Waals surface area contributed by atoms with Gasteiger partial charge in [0.1, 0.15) is 13.2 Å². The number of hydrogen-bond acceptors (Lipinski definition) is 6. The van der Waals surface area contributed by atoms with Gasteiger partial charge in [0.2, 0.25) is 11.7 Å². The summed E-state index contributed by atoms with van der Waals surface area (Å²) in [6.07, 6.45) is 5.00. The Kier molecular flexibility index (Phi) is 4.61. The van der Waals surface area contributed by atoms with Gasteiger partial charge in [0.05, 0.1) is 13.7 Å². The van der Waals surface area contributed by atoms with Gasteiger partial charge in [-0.3, -0.25) is 9.20 Å². The van der Waals surface area contributed by atoms with Crippen molar-refractivity contribution in [2.24, 2.45) is 0 Å². The second-order valence-corrected chi connectivity index (χ2v) is 5.84. The van der Waals surface area contributed by atoms with Gasteiger partial charge in [-0.25, -0.2) is 0 Å². The summed E-state index contributed by atoms with van der Waals surface area (Å²) in [6, 6.07) is 9.23. The molecule has 3 aromatic rings. The summed E-state index contributed by atoms with van der Waals surface area (Å²) in [6.45, 7) is 1.24. The van der Waals surface area contributed by atoms with E-state index in [-0.39, 0.29) is 12.5 Å². The molecule has 138 valence electrons. The van der Waals surface area contributed by atoms with Crippen LogP contribution in [0.15, 0.2) is 42.6 Å². The van der Waals surface area contributed by atoms with Crippen molar-refractivity contribution in [2.45, 2.75) is 6.54 Å². The average Bonchev–Trinajstić information content (AvgIpc) is 3.13. The van der Waals surface area contributed by atoms with Crippen LogP contribution in [0.5, 0.6) is 17.2 Å². The Labute approximate surface area is 155 Å². The fraction of sp³-hybridized carbons (Fsp3) is 0.211. The third-order valence-corrected chi connectivity index (χ3v) is 4.08. The van der Waals surface area contributed by atoms with Crippen LogP contribution < -0.4 is 19.5 Å². The van der Waals surface area contributed by atoms with E-state index in [4.69, 9.17) is 14.2 Å². The zero-order valence-electron chi connectivity index (χ0n) is 14.7. The Bertz CT molecular complexity index is 995. The SMILES string of the molecule is COc1cc(/C=C/C(=O)NCc2nnc3ccccn23)cc2c1OCCO2. The molecule has 1 amide bonds. The second-order valence-electron chi connectivity index (χ2n) is 5.84. The summed E-state index contributed by atoms with van der Waals surface area (Å²) in [5, 5.41) is 10.9. The zero-order chi connectivity index (χ0) is 18.6. The van der Waals surface area contributed by atoms with Gasteiger partial charge in [-0.15, -0.1) is 10.2 Å². The van der Waals surface area contributed by atoms with Crippen LogP contribution in [0.25, 0.3) is 11.7 Å². The largest absolute Gasteiger partial charge is 0.493 e. The van der Waals surface area contributed by atoms with Gasteiger partial charge in [0.25, 0.3) is 0 Å². The van der Waals surface area contributed by atoms with E-state index in [1.807, 2.05) is 34.9 Å². The summed E-state index contributed by atoms with van der Waals surface area (Å²) in [4.78, 5) is 12.1. The molecule has 0 unspecified atom stereocenters. The molecule has 8 nitrogen and oxygen atoms in total. The van der Waals surface area contributed by atoms with E-state index in [0.29, 0.717) is 36.3 Å². The van der Waals surface area contributed by atoms with Crippen molar-refractivity contribution >= 4 is 17.6 Å². The van der Waals surface area contributed by atoms with E-state index in [2.05, 4.69) is 15.5 Å². The van der Waals surface area contributed by atoms with Gasteiger partial charge < -0.3 is 19.5 Å². The highest BCUT2D eigenvalue weighted by atomic mass is 16.6. The van der Waals surface area contributed by atoms with Crippen LogP contribution >= 0.6 is 0 Å². The molecule has 0 fully saturated rings. The average molecular weight is 366 g/mol. The second kappa shape index (κ2) is 7.36. The number of carbonyl (C=O) groups excluding carboxylic acids is 1. The number of aromatic nitrogens is 3. The predicted octanol–water partition coefficient (Wildman–Crippen LogP) is 1.84. The minimum absolute atomic E-state index is 0.239. The summed E-state index contributed by atoms with van der Waals surface area (Å²) in [5.74, 6) is 2.19. The van der Waals surface area contributed by atoms with Crippen molar-refractivity contribution < 1.29 is 19.0 Å². The lowest BCUT2D eigenvalue weighted by Gasteiger charge is -2.20. The van der Waals surface area contributed by atoms with Crippen molar-refractivity contribution in [3.05, 3.63) is 54.0 Å². The predicted molar refractivity (Wildman–Crippen MR) is 97.9 cm³/mol. The number of benzene rings is 1. The number of methoxy groups -OCH3 is 1.